The van der Waals surface area contributed by atoms with Gasteiger partial charge in [-0.05, 0) is 0 Å². The van der Waals surface area contributed by atoms with Crippen LogP contribution in [0.15, 0.2) is 12.4 Å². The minimum atomic E-state index is -0.251. The standard InChI is InChI=1S/C9H14N4O2/c1-13(4-3-9(14)15-2)8-6-11-5-7(10)12-8/h5-6H,3-4H2,1-2H3,(H2,10,12). The van der Waals surface area contributed by atoms with Crippen LogP contribution >= 0.6 is 0 Å². The molecule has 2 N–H and O–H groups in total. The zero-order valence-electron chi connectivity index (χ0n) is 8.80. The Morgan fingerprint density at radius 3 is 2.93 bits per heavy atom. The van der Waals surface area contributed by atoms with Crippen LogP contribution in [0.2, 0.25) is 0 Å². The smallest absolute Gasteiger partial charge is 0.307 e. The van der Waals surface area contributed by atoms with Gasteiger partial charge in [-0.1, -0.05) is 0 Å². The first-order valence-corrected chi connectivity index (χ1v) is 4.49. The first-order valence-electron chi connectivity index (χ1n) is 4.49. The lowest BCUT2D eigenvalue weighted by atomic mass is 10.4. The number of rotatable bonds is 4. The van der Waals surface area contributed by atoms with Gasteiger partial charge in [-0.25, -0.2) is 4.98 Å². The van der Waals surface area contributed by atoms with Crippen LogP contribution in [0.4, 0.5) is 11.6 Å². The van der Waals surface area contributed by atoms with Crippen molar-refractivity contribution in [3.05, 3.63) is 12.4 Å². The fourth-order valence-electron chi connectivity index (χ4n) is 1.03. The summed E-state index contributed by atoms with van der Waals surface area (Å²) in [6.07, 6.45) is 3.37. The Hall–Kier alpha value is -1.85. The third-order valence-corrected chi connectivity index (χ3v) is 1.91. The van der Waals surface area contributed by atoms with Gasteiger partial charge in [0.25, 0.3) is 0 Å². The highest BCUT2D eigenvalue weighted by atomic mass is 16.5. The Balaban J connectivity index is 2.53. The summed E-state index contributed by atoms with van der Waals surface area (Å²) in [4.78, 5) is 20.7. The van der Waals surface area contributed by atoms with E-state index in [0.29, 0.717) is 24.6 Å². The van der Waals surface area contributed by atoms with Gasteiger partial charge >= 0.3 is 5.97 Å². The fraction of sp³-hybridized carbons (Fsp3) is 0.444. The maximum atomic E-state index is 10.9. The molecule has 6 nitrogen and oxygen atoms in total. The number of methoxy groups -OCH3 is 1. The number of anilines is 2. The second-order valence-corrected chi connectivity index (χ2v) is 3.05. The topological polar surface area (TPSA) is 81.3 Å². The molecule has 1 aromatic rings. The summed E-state index contributed by atoms with van der Waals surface area (Å²) in [5.41, 5.74) is 5.49. The highest BCUT2D eigenvalue weighted by Crippen LogP contribution is 2.08. The predicted molar refractivity (Wildman–Crippen MR) is 56.3 cm³/mol. The Morgan fingerprint density at radius 2 is 2.33 bits per heavy atom. The van der Waals surface area contributed by atoms with Crippen LogP contribution in [-0.2, 0) is 9.53 Å². The van der Waals surface area contributed by atoms with Gasteiger partial charge in [-0.2, -0.15) is 0 Å². The summed E-state index contributed by atoms with van der Waals surface area (Å²) in [5.74, 6) is 0.745. The molecule has 0 amide bonds. The lowest BCUT2D eigenvalue weighted by Crippen LogP contribution is -2.22. The third-order valence-electron chi connectivity index (χ3n) is 1.91. The first-order chi connectivity index (χ1) is 7.13. The predicted octanol–water partition coefficient (Wildman–Crippen LogP) is 0.0581. The Morgan fingerprint density at radius 1 is 1.60 bits per heavy atom. The second-order valence-electron chi connectivity index (χ2n) is 3.05. The molecule has 0 aromatic carbocycles. The van der Waals surface area contributed by atoms with Gasteiger partial charge in [-0.15, -0.1) is 0 Å². The molecule has 0 aliphatic carbocycles. The Bertz CT molecular complexity index is 343. The number of esters is 1. The minimum absolute atomic E-state index is 0.251. The zero-order chi connectivity index (χ0) is 11.3. The molecule has 0 fully saturated rings. The Kier molecular flexibility index (Phi) is 3.84. The number of carbonyl (C=O) groups is 1. The van der Waals surface area contributed by atoms with Crippen molar-refractivity contribution in [1.82, 2.24) is 9.97 Å². The van der Waals surface area contributed by atoms with Crippen LogP contribution in [-0.4, -0.2) is 36.6 Å². The average Bonchev–Trinajstić information content (AvgIpc) is 2.25. The molecule has 0 aliphatic heterocycles. The maximum Gasteiger partial charge on any atom is 0.307 e. The molecule has 1 aromatic heterocycles. The molecule has 0 spiro atoms. The minimum Gasteiger partial charge on any atom is -0.469 e. The molecular weight excluding hydrogens is 196 g/mol. The van der Waals surface area contributed by atoms with E-state index in [1.54, 1.807) is 11.1 Å². The molecule has 6 heteroatoms. The van der Waals surface area contributed by atoms with Gasteiger partial charge in [-0.3, -0.25) is 9.78 Å². The van der Waals surface area contributed by atoms with E-state index in [2.05, 4.69) is 14.7 Å². The van der Waals surface area contributed by atoms with Crippen LogP contribution in [0.3, 0.4) is 0 Å². The lowest BCUT2D eigenvalue weighted by Gasteiger charge is -2.16. The van der Waals surface area contributed by atoms with E-state index in [1.807, 2.05) is 7.05 Å². The van der Waals surface area contributed by atoms with Crippen LogP contribution in [0.1, 0.15) is 6.42 Å². The molecule has 0 saturated heterocycles. The van der Waals surface area contributed by atoms with Gasteiger partial charge in [0.2, 0.25) is 0 Å². The fourth-order valence-corrected chi connectivity index (χ4v) is 1.03. The lowest BCUT2D eigenvalue weighted by molar-refractivity contribution is -0.140. The van der Waals surface area contributed by atoms with Gasteiger partial charge < -0.3 is 15.4 Å². The van der Waals surface area contributed by atoms with E-state index < -0.39 is 0 Å². The first kappa shape index (κ1) is 11.2. The van der Waals surface area contributed by atoms with E-state index >= 15 is 0 Å². The van der Waals surface area contributed by atoms with Gasteiger partial charge in [0.05, 0.1) is 25.9 Å². The van der Waals surface area contributed by atoms with Gasteiger partial charge in [0, 0.05) is 13.6 Å². The summed E-state index contributed by atoms with van der Waals surface area (Å²) in [6.45, 7) is 0.519. The highest BCUT2D eigenvalue weighted by molar-refractivity contribution is 5.69. The molecule has 0 bridgehead atoms. The normalized spacial score (nSPS) is 9.73. The van der Waals surface area contributed by atoms with Crippen LogP contribution in [0.25, 0.3) is 0 Å². The van der Waals surface area contributed by atoms with Crippen molar-refractivity contribution in [2.45, 2.75) is 6.42 Å². The molecule has 0 unspecified atom stereocenters. The largest absolute Gasteiger partial charge is 0.469 e. The van der Waals surface area contributed by atoms with Crippen molar-refractivity contribution in [3.8, 4) is 0 Å². The van der Waals surface area contributed by atoms with E-state index in [0.717, 1.165) is 0 Å². The number of nitrogens with two attached hydrogens (primary N) is 1. The highest BCUT2D eigenvalue weighted by Gasteiger charge is 2.06. The van der Waals surface area contributed by atoms with Crippen molar-refractivity contribution in [1.29, 1.82) is 0 Å². The molecule has 0 radical (unpaired) electrons. The van der Waals surface area contributed by atoms with E-state index in [-0.39, 0.29) is 5.97 Å². The summed E-state index contributed by atoms with van der Waals surface area (Å²) >= 11 is 0. The second kappa shape index (κ2) is 5.14. The van der Waals surface area contributed by atoms with Crippen molar-refractivity contribution in [3.63, 3.8) is 0 Å². The quantitative estimate of drug-likeness (QED) is 0.707. The van der Waals surface area contributed by atoms with Gasteiger partial charge in [0.15, 0.2) is 0 Å². The molecule has 82 valence electrons. The molecule has 15 heavy (non-hydrogen) atoms. The number of hydrogen-bond donors (Lipinski definition) is 1. The van der Waals surface area contributed by atoms with Crippen LogP contribution in [0, 0.1) is 0 Å². The average molecular weight is 210 g/mol. The molecule has 0 saturated carbocycles. The number of nitrogen functional groups attached to an aromatic ring is 1. The van der Waals surface area contributed by atoms with Gasteiger partial charge in [0.1, 0.15) is 11.6 Å². The summed E-state index contributed by atoms with van der Waals surface area (Å²) in [6, 6.07) is 0. The third kappa shape index (κ3) is 3.41. The monoisotopic (exact) mass is 210 g/mol. The van der Waals surface area contributed by atoms with Crippen molar-refractivity contribution in [2.24, 2.45) is 0 Å². The van der Waals surface area contributed by atoms with Crippen molar-refractivity contribution in [2.75, 3.05) is 31.3 Å². The van der Waals surface area contributed by atoms with E-state index in [1.165, 1.54) is 13.3 Å². The molecule has 1 heterocycles. The number of nitrogens with zero attached hydrogens (tertiary/aromatic N) is 3. The maximum absolute atomic E-state index is 10.9. The van der Waals surface area contributed by atoms with Crippen molar-refractivity contribution < 1.29 is 9.53 Å². The van der Waals surface area contributed by atoms with Crippen LogP contribution < -0.4 is 10.6 Å². The SMILES string of the molecule is COC(=O)CCN(C)c1cncc(N)n1. The number of carbonyl (C=O) groups excluding carboxylic acids is 1. The summed E-state index contributed by atoms with van der Waals surface area (Å²) in [7, 11) is 3.18. The molecule has 0 atom stereocenters. The summed E-state index contributed by atoms with van der Waals surface area (Å²) in [5, 5.41) is 0. The molecule has 0 aliphatic rings. The van der Waals surface area contributed by atoms with Crippen LogP contribution in [0.5, 0.6) is 0 Å². The zero-order valence-corrected chi connectivity index (χ0v) is 8.80. The van der Waals surface area contributed by atoms with Crippen molar-refractivity contribution >= 4 is 17.6 Å². The molecular formula is C9H14N4O2. The van der Waals surface area contributed by atoms with E-state index in [9.17, 15) is 4.79 Å². The molecule has 1 rings (SSSR count). The number of hydrogen-bond acceptors (Lipinski definition) is 6. The number of aromatic nitrogens is 2. The van der Waals surface area contributed by atoms with E-state index in [4.69, 9.17) is 5.73 Å². The Labute approximate surface area is 88.1 Å². The summed E-state index contributed by atoms with van der Waals surface area (Å²) < 4.78 is 4.53. The number of ether oxygens (including phenoxy) is 1.